The molecule has 1 aromatic carbocycles. The molecular formula is C18H27N3O2. The standard InChI is InChI=1S/C18H27N3O2/c1-18(9-4-3-5-16(18)22)12-19-17(23)20-14-7-6-13-8-10-21(2)15(13)11-14/h6-7,11,16,22H,3-5,8-10,12H2,1-2H3,(H2,19,20,23). The van der Waals surface area contributed by atoms with Gasteiger partial charge in [0.05, 0.1) is 6.10 Å². The first-order valence-electron chi connectivity index (χ1n) is 8.55. The van der Waals surface area contributed by atoms with Gasteiger partial charge in [-0.05, 0) is 37.0 Å². The van der Waals surface area contributed by atoms with Crippen molar-refractivity contribution in [2.45, 2.75) is 45.1 Å². The number of aliphatic hydroxyl groups is 1. The maximum Gasteiger partial charge on any atom is 0.319 e. The van der Waals surface area contributed by atoms with E-state index in [1.54, 1.807) is 0 Å². The molecule has 2 aliphatic rings. The molecule has 0 aromatic heterocycles. The average molecular weight is 317 g/mol. The summed E-state index contributed by atoms with van der Waals surface area (Å²) in [7, 11) is 2.07. The van der Waals surface area contributed by atoms with Gasteiger partial charge in [0.1, 0.15) is 0 Å². The number of rotatable bonds is 3. The van der Waals surface area contributed by atoms with Gasteiger partial charge in [-0.2, -0.15) is 0 Å². The topological polar surface area (TPSA) is 64.6 Å². The van der Waals surface area contributed by atoms with Gasteiger partial charge in [0.2, 0.25) is 0 Å². The molecule has 3 N–H and O–H groups in total. The fraction of sp³-hybridized carbons (Fsp3) is 0.611. The molecule has 1 fully saturated rings. The number of benzene rings is 1. The highest BCUT2D eigenvalue weighted by Crippen LogP contribution is 2.35. The van der Waals surface area contributed by atoms with E-state index in [1.165, 1.54) is 11.3 Å². The lowest BCUT2D eigenvalue weighted by Crippen LogP contribution is -2.46. The van der Waals surface area contributed by atoms with Gasteiger partial charge in [0.15, 0.2) is 0 Å². The van der Waals surface area contributed by atoms with Crippen LogP contribution in [0.2, 0.25) is 0 Å². The molecular weight excluding hydrogens is 290 g/mol. The van der Waals surface area contributed by atoms with Crippen LogP contribution in [0.1, 0.15) is 38.2 Å². The van der Waals surface area contributed by atoms with Gasteiger partial charge in [0.25, 0.3) is 0 Å². The third kappa shape index (κ3) is 3.44. The number of nitrogens with zero attached hydrogens (tertiary/aromatic N) is 1. The van der Waals surface area contributed by atoms with Crippen LogP contribution in [0.3, 0.4) is 0 Å². The Hall–Kier alpha value is -1.75. The number of hydrogen-bond acceptors (Lipinski definition) is 3. The highest BCUT2D eigenvalue weighted by atomic mass is 16.3. The number of fused-ring (bicyclic) bond motifs is 1. The number of hydrogen-bond donors (Lipinski definition) is 3. The van der Waals surface area contributed by atoms with Crippen molar-refractivity contribution in [1.29, 1.82) is 0 Å². The van der Waals surface area contributed by atoms with Crippen molar-refractivity contribution in [3.63, 3.8) is 0 Å². The van der Waals surface area contributed by atoms with Crippen molar-refractivity contribution in [2.75, 3.05) is 30.4 Å². The monoisotopic (exact) mass is 317 g/mol. The lowest BCUT2D eigenvalue weighted by Gasteiger charge is -2.38. The molecule has 1 saturated carbocycles. The lowest BCUT2D eigenvalue weighted by molar-refractivity contribution is 0.00333. The van der Waals surface area contributed by atoms with Crippen molar-refractivity contribution in [3.8, 4) is 0 Å². The SMILES string of the molecule is CN1CCc2ccc(NC(=O)NCC3(C)CCCCC3O)cc21. The van der Waals surface area contributed by atoms with Gasteiger partial charge in [-0.1, -0.05) is 25.8 Å². The van der Waals surface area contributed by atoms with Gasteiger partial charge in [-0.3, -0.25) is 0 Å². The highest BCUT2D eigenvalue weighted by Gasteiger charge is 2.35. The second-order valence-electron chi connectivity index (χ2n) is 7.24. The smallest absolute Gasteiger partial charge is 0.319 e. The average Bonchev–Trinajstić information content (AvgIpc) is 2.90. The molecule has 1 aliphatic carbocycles. The van der Waals surface area contributed by atoms with Gasteiger partial charge in [-0.15, -0.1) is 0 Å². The summed E-state index contributed by atoms with van der Waals surface area (Å²) in [4.78, 5) is 14.4. The van der Waals surface area contributed by atoms with Crippen LogP contribution >= 0.6 is 0 Å². The summed E-state index contributed by atoms with van der Waals surface area (Å²) in [6.45, 7) is 3.59. The zero-order chi connectivity index (χ0) is 16.4. The first-order chi connectivity index (χ1) is 11.0. The molecule has 1 aliphatic heterocycles. The quantitative estimate of drug-likeness (QED) is 0.803. The van der Waals surface area contributed by atoms with Crippen molar-refractivity contribution in [2.24, 2.45) is 5.41 Å². The predicted octanol–water partition coefficient (Wildman–Crippen LogP) is 2.74. The number of carbonyl (C=O) groups is 1. The second kappa shape index (κ2) is 6.40. The first kappa shape index (κ1) is 16.1. The van der Waals surface area contributed by atoms with Crippen LogP contribution in [0.25, 0.3) is 0 Å². The summed E-state index contributed by atoms with van der Waals surface area (Å²) < 4.78 is 0. The molecule has 5 heteroatoms. The number of aliphatic hydroxyl groups excluding tert-OH is 1. The van der Waals surface area contributed by atoms with E-state index in [2.05, 4.69) is 35.6 Å². The molecule has 0 bridgehead atoms. The molecule has 0 radical (unpaired) electrons. The largest absolute Gasteiger partial charge is 0.392 e. The number of carbonyl (C=O) groups excluding carboxylic acids is 1. The Labute approximate surface area is 138 Å². The minimum atomic E-state index is -0.329. The summed E-state index contributed by atoms with van der Waals surface area (Å²) in [6, 6.07) is 5.86. The number of anilines is 2. The van der Waals surface area contributed by atoms with Crippen LogP contribution in [0.15, 0.2) is 18.2 Å². The minimum Gasteiger partial charge on any atom is -0.392 e. The lowest BCUT2D eigenvalue weighted by atomic mass is 9.73. The first-order valence-corrected chi connectivity index (χ1v) is 8.55. The number of likely N-dealkylation sites (N-methyl/N-ethyl adjacent to an activating group) is 1. The third-order valence-corrected chi connectivity index (χ3v) is 5.40. The van der Waals surface area contributed by atoms with Crippen molar-refractivity contribution < 1.29 is 9.90 Å². The van der Waals surface area contributed by atoms with Crippen molar-refractivity contribution >= 4 is 17.4 Å². The van der Waals surface area contributed by atoms with Crippen LogP contribution in [0.4, 0.5) is 16.2 Å². The van der Waals surface area contributed by atoms with Crippen LogP contribution in [0, 0.1) is 5.41 Å². The van der Waals surface area contributed by atoms with Gasteiger partial charge < -0.3 is 20.6 Å². The van der Waals surface area contributed by atoms with E-state index in [-0.39, 0.29) is 17.6 Å². The summed E-state index contributed by atoms with van der Waals surface area (Å²) in [5, 5.41) is 16.0. The Morgan fingerprint density at radius 3 is 3.04 bits per heavy atom. The van der Waals surface area contributed by atoms with Gasteiger partial charge >= 0.3 is 6.03 Å². The number of nitrogens with one attached hydrogen (secondary N) is 2. The van der Waals surface area contributed by atoms with Gasteiger partial charge in [0, 0.05) is 36.9 Å². The highest BCUT2D eigenvalue weighted by molar-refractivity contribution is 5.90. The molecule has 3 rings (SSSR count). The van der Waals surface area contributed by atoms with Gasteiger partial charge in [-0.25, -0.2) is 4.79 Å². The van der Waals surface area contributed by atoms with Crippen molar-refractivity contribution in [1.82, 2.24) is 5.32 Å². The molecule has 2 amide bonds. The van der Waals surface area contributed by atoms with E-state index in [1.807, 2.05) is 12.1 Å². The van der Waals surface area contributed by atoms with Crippen LogP contribution < -0.4 is 15.5 Å². The molecule has 0 saturated heterocycles. The summed E-state index contributed by atoms with van der Waals surface area (Å²) in [5.41, 5.74) is 3.12. The zero-order valence-electron chi connectivity index (χ0n) is 14.1. The Bertz CT molecular complexity index is 590. The van der Waals surface area contributed by atoms with E-state index in [4.69, 9.17) is 0 Å². The minimum absolute atomic E-state index is 0.204. The summed E-state index contributed by atoms with van der Waals surface area (Å²) >= 11 is 0. The predicted molar refractivity (Wildman–Crippen MR) is 93.0 cm³/mol. The van der Waals surface area contributed by atoms with Crippen LogP contribution in [0.5, 0.6) is 0 Å². The second-order valence-corrected chi connectivity index (χ2v) is 7.24. The normalized spacial score (nSPS) is 26.7. The molecule has 0 spiro atoms. The zero-order valence-corrected chi connectivity index (χ0v) is 14.1. The van der Waals surface area contributed by atoms with Crippen LogP contribution in [-0.2, 0) is 6.42 Å². The molecule has 1 heterocycles. The van der Waals surface area contributed by atoms with E-state index in [9.17, 15) is 9.90 Å². The number of amides is 2. The van der Waals surface area contributed by atoms with E-state index in [0.29, 0.717) is 6.54 Å². The van der Waals surface area contributed by atoms with E-state index >= 15 is 0 Å². The van der Waals surface area contributed by atoms with Crippen molar-refractivity contribution in [3.05, 3.63) is 23.8 Å². The summed E-state index contributed by atoms with van der Waals surface area (Å²) in [6.07, 6.45) is 4.72. The Kier molecular flexibility index (Phi) is 4.48. The fourth-order valence-electron chi connectivity index (χ4n) is 3.66. The Balaban J connectivity index is 1.56. The Morgan fingerprint density at radius 2 is 2.26 bits per heavy atom. The van der Waals surface area contributed by atoms with Crippen LogP contribution in [-0.4, -0.2) is 37.4 Å². The third-order valence-electron chi connectivity index (χ3n) is 5.40. The Morgan fingerprint density at radius 1 is 1.43 bits per heavy atom. The maximum absolute atomic E-state index is 12.2. The molecule has 5 nitrogen and oxygen atoms in total. The molecule has 2 unspecified atom stereocenters. The van der Waals surface area contributed by atoms with E-state index < -0.39 is 0 Å². The molecule has 23 heavy (non-hydrogen) atoms. The van der Waals surface area contributed by atoms with E-state index in [0.717, 1.165) is 44.3 Å². The summed E-state index contributed by atoms with van der Waals surface area (Å²) in [5.74, 6) is 0. The molecule has 126 valence electrons. The number of urea groups is 1. The fourth-order valence-corrected chi connectivity index (χ4v) is 3.66. The molecule has 1 aromatic rings. The maximum atomic E-state index is 12.2. The molecule has 2 atom stereocenters.